The predicted molar refractivity (Wildman–Crippen MR) is 106 cm³/mol. The number of nitrogens with zero attached hydrogens (tertiary/aromatic N) is 1. The van der Waals surface area contributed by atoms with Crippen LogP contribution in [0.25, 0.3) is 0 Å². The molecule has 0 saturated carbocycles. The smallest absolute Gasteiger partial charge is 0.343 e. The van der Waals surface area contributed by atoms with Gasteiger partial charge in [0.2, 0.25) is 5.90 Å². The minimum atomic E-state index is -0.913. The summed E-state index contributed by atoms with van der Waals surface area (Å²) in [6.45, 7) is 2.08. The van der Waals surface area contributed by atoms with Crippen LogP contribution in [0.3, 0.4) is 0 Å². The van der Waals surface area contributed by atoms with Crippen LogP contribution in [-0.4, -0.2) is 5.90 Å². The maximum absolute atomic E-state index is 12.5. The molecule has 144 valence electrons. The van der Waals surface area contributed by atoms with Gasteiger partial charge in [-0.05, 0) is 30.2 Å². The van der Waals surface area contributed by atoms with Gasteiger partial charge in [0.05, 0.1) is 11.6 Å². The lowest BCUT2D eigenvalue weighted by atomic mass is 9.80. The predicted octanol–water partition coefficient (Wildman–Crippen LogP) is 4.17. The van der Waals surface area contributed by atoms with E-state index in [1.54, 1.807) is 37.3 Å². The van der Waals surface area contributed by atoms with Gasteiger partial charge in [-0.2, -0.15) is 5.26 Å². The van der Waals surface area contributed by atoms with E-state index in [2.05, 4.69) is 6.07 Å². The summed E-state index contributed by atoms with van der Waals surface area (Å²) >= 11 is 0. The number of nitriles is 1. The minimum Gasteiger partial charge on any atom is -0.489 e. The molecule has 0 fully saturated rings. The molecule has 0 saturated heterocycles. The molecular formula is C23H18N2O4. The fourth-order valence-corrected chi connectivity index (χ4v) is 3.46. The summed E-state index contributed by atoms with van der Waals surface area (Å²) in [5, 5.41) is 17.7. The number of rotatable bonds is 4. The molecule has 0 spiro atoms. The normalized spacial score (nSPS) is 17.7. The molecule has 2 atom stereocenters. The van der Waals surface area contributed by atoms with E-state index < -0.39 is 17.5 Å². The van der Waals surface area contributed by atoms with Crippen molar-refractivity contribution in [3.63, 3.8) is 0 Å². The Kier molecular flexibility index (Phi) is 4.88. The summed E-state index contributed by atoms with van der Waals surface area (Å²) in [5.74, 6) is -0.408. The number of nitrogens with one attached hydrogen (secondary N) is 1. The molecule has 0 amide bonds. The summed E-state index contributed by atoms with van der Waals surface area (Å²) in [6.07, 6.45) is 0. The Hall–Kier alpha value is -3.85. The molecule has 2 aromatic carbocycles. The van der Waals surface area contributed by atoms with Gasteiger partial charge in [-0.1, -0.05) is 42.5 Å². The lowest BCUT2D eigenvalue weighted by Gasteiger charge is -2.29. The molecule has 0 aliphatic carbocycles. The van der Waals surface area contributed by atoms with Gasteiger partial charge in [-0.15, -0.1) is 0 Å². The van der Waals surface area contributed by atoms with Crippen molar-refractivity contribution in [3.05, 3.63) is 93.5 Å². The van der Waals surface area contributed by atoms with E-state index in [1.807, 2.05) is 30.3 Å². The summed E-state index contributed by atoms with van der Waals surface area (Å²) in [4.78, 5) is 12.5. The molecule has 6 nitrogen and oxygen atoms in total. The Bertz CT molecular complexity index is 1140. The largest absolute Gasteiger partial charge is 0.489 e. The first kappa shape index (κ1) is 18.5. The Morgan fingerprint density at radius 3 is 2.55 bits per heavy atom. The average Bonchev–Trinajstić information content (AvgIpc) is 2.72. The van der Waals surface area contributed by atoms with Crippen LogP contribution in [0.4, 0.5) is 0 Å². The third-order valence-corrected chi connectivity index (χ3v) is 4.85. The van der Waals surface area contributed by atoms with E-state index in [1.165, 1.54) is 0 Å². The highest BCUT2D eigenvalue weighted by Crippen LogP contribution is 2.40. The highest BCUT2D eigenvalue weighted by molar-refractivity contribution is 5.85. The van der Waals surface area contributed by atoms with Crippen molar-refractivity contribution >= 4 is 5.90 Å². The molecule has 1 aliphatic rings. The van der Waals surface area contributed by atoms with E-state index in [9.17, 15) is 10.1 Å². The van der Waals surface area contributed by atoms with Crippen LogP contribution >= 0.6 is 0 Å². The lowest BCUT2D eigenvalue weighted by Crippen LogP contribution is -2.34. The zero-order chi connectivity index (χ0) is 20.4. The van der Waals surface area contributed by atoms with Crippen LogP contribution in [0, 0.1) is 29.6 Å². The second kappa shape index (κ2) is 7.64. The van der Waals surface area contributed by atoms with Gasteiger partial charge < -0.3 is 13.9 Å². The summed E-state index contributed by atoms with van der Waals surface area (Å²) in [5.41, 5.74) is 1.48. The lowest BCUT2D eigenvalue weighted by molar-refractivity contribution is 0.306. The molecule has 1 aliphatic heterocycles. The van der Waals surface area contributed by atoms with E-state index >= 15 is 0 Å². The van der Waals surface area contributed by atoms with Crippen molar-refractivity contribution in [2.45, 2.75) is 19.4 Å². The van der Waals surface area contributed by atoms with Gasteiger partial charge in [-0.3, -0.25) is 5.41 Å². The molecular weight excluding hydrogens is 368 g/mol. The van der Waals surface area contributed by atoms with Gasteiger partial charge in [0.15, 0.2) is 0 Å². The van der Waals surface area contributed by atoms with Crippen LogP contribution in [0.2, 0.25) is 0 Å². The van der Waals surface area contributed by atoms with Gasteiger partial charge in [-0.25, -0.2) is 4.79 Å². The molecule has 2 heterocycles. The SMILES string of the molecule is Cc1cc2c(c(=O)o1)C(c1ccc(OCc3ccccc3)cc1)C(C#N)C(=N)O2. The molecule has 0 radical (unpaired) electrons. The fourth-order valence-electron chi connectivity index (χ4n) is 3.46. The van der Waals surface area contributed by atoms with Crippen LogP contribution in [-0.2, 0) is 6.61 Å². The van der Waals surface area contributed by atoms with Crippen LogP contribution < -0.4 is 15.1 Å². The van der Waals surface area contributed by atoms with Gasteiger partial charge in [0.25, 0.3) is 0 Å². The number of hydrogen-bond donors (Lipinski definition) is 1. The minimum absolute atomic E-state index is 0.181. The topological polar surface area (TPSA) is 96.3 Å². The van der Waals surface area contributed by atoms with Crippen LogP contribution in [0.5, 0.6) is 11.5 Å². The highest BCUT2D eigenvalue weighted by Gasteiger charge is 2.39. The number of hydrogen-bond acceptors (Lipinski definition) is 6. The maximum Gasteiger partial charge on any atom is 0.343 e. The molecule has 4 rings (SSSR count). The quantitative estimate of drug-likeness (QED) is 0.726. The standard InChI is InChI=1S/C23H18N2O4/c1-14-11-19-21(23(26)28-14)20(18(12-24)22(25)29-19)16-7-9-17(10-8-16)27-13-15-5-3-2-4-6-15/h2-11,18,20,25H,13H2,1H3. The van der Waals surface area contributed by atoms with Gasteiger partial charge in [0.1, 0.15) is 29.8 Å². The Morgan fingerprint density at radius 1 is 1.14 bits per heavy atom. The van der Waals surface area contributed by atoms with Crippen molar-refractivity contribution < 1.29 is 13.9 Å². The highest BCUT2D eigenvalue weighted by atomic mass is 16.5. The van der Waals surface area contributed by atoms with Gasteiger partial charge in [0, 0.05) is 12.0 Å². The van der Waals surface area contributed by atoms with Crippen molar-refractivity contribution in [1.82, 2.24) is 0 Å². The molecule has 29 heavy (non-hydrogen) atoms. The first-order valence-corrected chi connectivity index (χ1v) is 9.14. The van der Waals surface area contributed by atoms with Crippen molar-refractivity contribution in [2.75, 3.05) is 0 Å². The number of ether oxygens (including phenoxy) is 2. The van der Waals surface area contributed by atoms with E-state index in [-0.39, 0.29) is 17.2 Å². The van der Waals surface area contributed by atoms with Crippen molar-refractivity contribution in [1.29, 1.82) is 10.7 Å². The number of aryl methyl sites for hydroxylation is 1. The molecule has 1 aromatic heterocycles. The first-order chi connectivity index (χ1) is 14.1. The van der Waals surface area contributed by atoms with E-state index in [0.29, 0.717) is 23.7 Å². The van der Waals surface area contributed by atoms with E-state index in [4.69, 9.17) is 19.3 Å². The van der Waals surface area contributed by atoms with E-state index in [0.717, 1.165) is 5.56 Å². The second-order valence-corrected chi connectivity index (χ2v) is 6.82. The average molecular weight is 386 g/mol. The Morgan fingerprint density at radius 2 is 1.86 bits per heavy atom. The van der Waals surface area contributed by atoms with Crippen molar-refractivity contribution in [2.24, 2.45) is 5.92 Å². The summed E-state index contributed by atoms with van der Waals surface area (Å²) in [6, 6.07) is 20.7. The molecule has 1 N–H and O–H groups in total. The molecule has 2 unspecified atom stereocenters. The Balaban J connectivity index is 1.65. The van der Waals surface area contributed by atoms with Crippen molar-refractivity contribution in [3.8, 4) is 17.6 Å². The molecule has 0 bridgehead atoms. The number of fused-ring (bicyclic) bond motifs is 1. The third kappa shape index (κ3) is 3.63. The zero-order valence-corrected chi connectivity index (χ0v) is 15.7. The summed E-state index contributed by atoms with van der Waals surface area (Å²) in [7, 11) is 0. The summed E-state index contributed by atoms with van der Waals surface area (Å²) < 4.78 is 16.5. The second-order valence-electron chi connectivity index (χ2n) is 6.82. The van der Waals surface area contributed by atoms with Gasteiger partial charge >= 0.3 is 5.63 Å². The first-order valence-electron chi connectivity index (χ1n) is 9.14. The Labute approximate surface area is 167 Å². The third-order valence-electron chi connectivity index (χ3n) is 4.85. The zero-order valence-electron chi connectivity index (χ0n) is 15.7. The molecule has 6 heteroatoms. The fraction of sp³-hybridized carbons (Fsp3) is 0.174. The van der Waals surface area contributed by atoms with Crippen LogP contribution in [0.1, 0.15) is 28.4 Å². The monoisotopic (exact) mass is 386 g/mol. The number of benzene rings is 2. The van der Waals surface area contributed by atoms with Crippen LogP contribution in [0.15, 0.2) is 69.9 Å². The maximum atomic E-state index is 12.5. The molecule has 3 aromatic rings.